The van der Waals surface area contributed by atoms with Crippen molar-refractivity contribution in [2.75, 3.05) is 20.8 Å². The summed E-state index contributed by atoms with van der Waals surface area (Å²) in [7, 11) is 3.29. The quantitative estimate of drug-likeness (QED) is 0.758. The van der Waals surface area contributed by atoms with Crippen LogP contribution in [0.1, 0.15) is 24.6 Å². The van der Waals surface area contributed by atoms with Crippen LogP contribution in [-0.2, 0) is 13.1 Å². The van der Waals surface area contributed by atoms with E-state index in [-0.39, 0.29) is 0 Å². The van der Waals surface area contributed by atoms with Crippen molar-refractivity contribution in [3.63, 3.8) is 0 Å². The lowest BCUT2D eigenvalue weighted by Gasteiger charge is -2.09. The zero-order chi connectivity index (χ0) is 15.1. The van der Waals surface area contributed by atoms with Crippen LogP contribution in [0.2, 0.25) is 0 Å². The summed E-state index contributed by atoms with van der Waals surface area (Å²) in [5.74, 6) is 1.50. The van der Waals surface area contributed by atoms with E-state index in [0.29, 0.717) is 0 Å². The molecule has 0 radical (unpaired) electrons. The minimum Gasteiger partial charge on any atom is -0.493 e. The van der Waals surface area contributed by atoms with Crippen LogP contribution in [0.4, 0.5) is 0 Å². The molecule has 114 valence electrons. The van der Waals surface area contributed by atoms with Crippen molar-refractivity contribution in [1.29, 1.82) is 0 Å². The molecule has 1 aromatic heterocycles. The predicted octanol–water partition coefficient (Wildman–Crippen LogP) is 2.45. The van der Waals surface area contributed by atoms with Crippen LogP contribution < -0.4 is 14.8 Å². The highest BCUT2D eigenvalue weighted by molar-refractivity contribution is 5.42. The number of ether oxygens (including phenoxy) is 2. The van der Waals surface area contributed by atoms with Crippen molar-refractivity contribution in [3.05, 3.63) is 42.0 Å². The molecule has 5 nitrogen and oxygen atoms in total. The number of aromatic nitrogens is 2. The van der Waals surface area contributed by atoms with E-state index in [1.54, 1.807) is 14.2 Å². The summed E-state index contributed by atoms with van der Waals surface area (Å²) in [6.07, 6.45) is 5.06. The van der Waals surface area contributed by atoms with E-state index in [0.717, 1.165) is 48.8 Å². The SMILES string of the molecule is CCCNCc1cn(Cc2ccc(OC)c(OC)c2)cn1. The van der Waals surface area contributed by atoms with Crippen LogP contribution in [0.3, 0.4) is 0 Å². The molecule has 0 aliphatic carbocycles. The zero-order valence-corrected chi connectivity index (χ0v) is 12.9. The number of benzene rings is 1. The topological polar surface area (TPSA) is 48.3 Å². The van der Waals surface area contributed by atoms with Gasteiger partial charge in [0.15, 0.2) is 11.5 Å². The van der Waals surface area contributed by atoms with Crippen LogP contribution in [-0.4, -0.2) is 30.3 Å². The van der Waals surface area contributed by atoms with E-state index in [1.165, 1.54) is 0 Å². The van der Waals surface area contributed by atoms with Crippen LogP contribution >= 0.6 is 0 Å². The van der Waals surface area contributed by atoms with Crippen LogP contribution in [0.25, 0.3) is 0 Å². The standard InChI is InChI=1S/C16H23N3O2/c1-4-7-17-9-14-11-19(12-18-14)10-13-5-6-15(20-2)16(8-13)21-3/h5-6,8,11-12,17H,4,7,9-10H2,1-3H3. The fourth-order valence-corrected chi connectivity index (χ4v) is 2.17. The van der Waals surface area contributed by atoms with Gasteiger partial charge in [0.2, 0.25) is 0 Å². The highest BCUT2D eigenvalue weighted by atomic mass is 16.5. The molecule has 2 rings (SSSR count). The molecule has 0 aliphatic heterocycles. The lowest BCUT2D eigenvalue weighted by atomic mass is 10.2. The maximum absolute atomic E-state index is 5.33. The lowest BCUT2D eigenvalue weighted by molar-refractivity contribution is 0.354. The fraction of sp³-hybridized carbons (Fsp3) is 0.438. The van der Waals surface area contributed by atoms with Crippen molar-refractivity contribution in [3.8, 4) is 11.5 Å². The number of hydrogen-bond acceptors (Lipinski definition) is 4. The van der Waals surface area contributed by atoms with Gasteiger partial charge < -0.3 is 19.4 Å². The van der Waals surface area contributed by atoms with Gasteiger partial charge in [-0.25, -0.2) is 4.98 Å². The molecule has 0 amide bonds. The molecule has 1 heterocycles. The van der Waals surface area contributed by atoms with E-state index in [2.05, 4.69) is 28.0 Å². The maximum Gasteiger partial charge on any atom is 0.161 e. The van der Waals surface area contributed by atoms with E-state index in [9.17, 15) is 0 Å². The van der Waals surface area contributed by atoms with Crippen LogP contribution in [0, 0.1) is 0 Å². The molecule has 0 spiro atoms. The molecule has 5 heteroatoms. The molecule has 1 aromatic carbocycles. The minimum absolute atomic E-state index is 0.747. The fourth-order valence-electron chi connectivity index (χ4n) is 2.17. The third kappa shape index (κ3) is 4.23. The summed E-state index contributed by atoms with van der Waals surface area (Å²) in [4.78, 5) is 4.40. The lowest BCUT2D eigenvalue weighted by Crippen LogP contribution is -2.13. The average Bonchev–Trinajstić information content (AvgIpc) is 2.95. The zero-order valence-electron chi connectivity index (χ0n) is 12.9. The Morgan fingerprint density at radius 3 is 2.71 bits per heavy atom. The van der Waals surface area contributed by atoms with Gasteiger partial charge in [0, 0.05) is 19.3 Å². The van der Waals surface area contributed by atoms with E-state index < -0.39 is 0 Å². The third-order valence-electron chi connectivity index (χ3n) is 3.23. The van der Waals surface area contributed by atoms with Crippen LogP contribution in [0.5, 0.6) is 11.5 Å². The Kier molecular flexibility index (Phi) is 5.63. The molecular weight excluding hydrogens is 266 g/mol. The molecule has 0 aliphatic rings. The molecule has 0 saturated carbocycles. The Morgan fingerprint density at radius 1 is 1.19 bits per heavy atom. The van der Waals surface area contributed by atoms with Gasteiger partial charge in [-0.1, -0.05) is 13.0 Å². The second-order valence-corrected chi connectivity index (χ2v) is 4.90. The van der Waals surface area contributed by atoms with E-state index in [4.69, 9.17) is 9.47 Å². The van der Waals surface area contributed by atoms with Crippen molar-refractivity contribution in [2.24, 2.45) is 0 Å². The van der Waals surface area contributed by atoms with E-state index in [1.807, 2.05) is 24.5 Å². The van der Waals surface area contributed by atoms with Gasteiger partial charge in [0.1, 0.15) is 0 Å². The van der Waals surface area contributed by atoms with Gasteiger partial charge in [0.25, 0.3) is 0 Å². The largest absolute Gasteiger partial charge is 0.493 e. The molecule has 21 heavy (non-hydrogen) atoms. The number of nitrogens with zero attached hydrogens (tertiary/aromatic N) is 2. The number of rotatable bonds is 8. The molecule has 2 aromatic rings. The van der Waals surface area contributed by atoms with Gasteiger partial charge in [-0.3, -0.25) is 0 Å². The first-order valence-electron chi connectivity index (χ1n) is 7.19. The number of methoxy groups -OCH3 is 2. The van der Waals surface area contributed by atoms with Crippen molar-refractivity contribution < 1.29 is 9.47 Å². The molecule has 0 saturated heterocycles. The summed E-state index contributed by atoms with van der Waals surface area (Å²) < 4.78 is 12.6. The molecule has 1 N–H and O–H groups in total. The van der Waals surface area contributed by atoms with Gasteiger partial charge in [0.05, 0.1) is 26.2 Å². The highest BCUT2D eigenvalue weighted by Gasteiger charge is 2.05. The third-order valence-corrected chi connectivity index (χ3v) is 3.23. The first-order valence-corrected chi connectivity index (χ1v) is 7.19. The minimum atomic E-state index is 0.747. The smallest absolute Gasteiger partial charge is 0.161 e. The Balaban J connectivity index is 2.01. The van der Waals surface area contributed by atoms with Crippen molar-refractivity contribution in [2.45, 2.75) is 26.4 Å². The monoisotopic (exact) mass is 289 g/mol. The van der Waals surface area contributed by atoms with Gasteiger partial charge in [-0.05, 0) is 30.7 Å². The van der Waals surface area contributed by atoms with Crippen molar-refractivity contribution >= 4 is 0 Å². The first kappa shape index (κ1) is 15.4. The molecule has 0 unspecified atom stereocenters. The summed E-state index contributed by atoms with van der Waals surface area (Å²) >= 11 is 0. The second kappa shape index (κ2) is 7.69. The first-order chi connectivity index (χ1) is 10.3. The van der Waals surface area contributed by atoms with Crippen molar-refractivity contribution in [1.82, 2.24) is 14.9 Å². The normalized spacial score (nSPS) is 10.6. The average molecular weight is 289 g/mol. The maximum atomic E-state index is 5.33. The number of imidazole rings is 1. The molecular formula is C16H23N3O2. The predicted molar refractivity (Wildman–Crippen MR) is 82.9 cm³/mol. The Labute approximate surface area is 125 Å². The number of nitrogens with one attached hydrogen (secondary N) is 1. The van der Waals surface area contributed by atoms with Gasteiger partial charge >= 0.3 is 0 Å². The number of hydrogen-bond donors (Lipinski definition) is 1. The van der Waals surface area contributed by atoms with Crippen LogP contribution in [0.15, 0.2) is 30.7 Å². The summed E-state index contributed by atoms with van der Waals surface area (Å²) in [5, 5.41) is 3.35. The summed E-state index contributed by atoms with van der Waals surface area (Å²) in [6, 6.07) is 5.96. The second-order valence-electron chi connectivity index (χ2n) is 4.90. The molecule has 0 atom stereocenters. The Morgan fingerprint density at radius 2 is 2.00 bits per heavy atom. The summed E-state index contributed by atoms with van der Waals surface area (Å²) in [5.41, 5.74) is 2.21. The molecule has 0 bridgehead atoms. The Hall–Kier alpha value is -2.01. The highest BCUT2D eigenvalue weighted by Crippen LogP contribution is 2.27. The Bertz CT molecular complexity index is 566. The van der Waals surface area contributed by atoms with Gasteiger partial charge in [-0.2, -0.15) is 0 Å². The summed E-state index contributed by atoms with van der Waals surface area (Å²) in [6.45, 7) is 4.75. The molecule has 0 fully saturated rings. The van der Waals surface area contributed by atoms with Gasteiger partial charge in [-0.15, -0.1) is 0 Å². The van der Waals surface area contributed by atoms with E-state index >= 15 is 0 Å².